The summed E-state index contributed by atoms with van der Waals surface area (Å²) in [6.45, 7) is 8.26. The van der Waals surface area contributed by atoms with E-state index in [0.29, 0.717) is 24.6 Å². The molecule has 0 aromatic rings. The number of ether oxygens (including phenoxy) is 1. The van der Waals surface area contributed by atoms with Crippen LogP contribution >= 0.6 is 0 Å². The van der Waals surface area contributed by atoms with E-state index in [2.05, 4.69) is 19.2 Å². The van der Waals surface area contributed by atoms with E-state index in [1.165, 1.54) is 6.42 Å². The second-order valence-corrected chi connectivity index (χ2v) is 6.52. The largest absolute Gasteiger partial charge is 0.378 e. The first-order valence-corrected chi connectivity index (χ1v) is 7.57. The van der Waals surface area contributed by atoms with Crippen LogP contribution in [0.15, 0.2) is 0 Å². The van der Waals surface area contributed by atoms with E-state index in [1.807, 2.05) is 18.9 Å². The Labute approximate surface area is 116 Å². The van der Waals surface area contributed by atoms with Crippen molar-refractivity contribution >= 4 is 5.91 Å². The zero-order valence-electron chi connectivity index (χ0n) is 12.7. The number of amides is 1. The van der Waals surface area contributed by atoms with E-state index in [0.717, 1.165) is 26.0 Å². The third-order valence-corrected chi connectivity index (χ3v) is 4.94. The number of nitrogens with one attached hydrogen (secondary N) is 1. The molecule has 0 aromatic heterocycles. The number of carbonyl (C=O) groups excluding carboxylic acids is 1. The molecule has 1 heterocycles. The van der Waals surface area contributed by atoms with Crippen molar-refractivity contribution in [1.82, 2.24) is 10.2 Å². The van der Waals surface area contributed by atoms with Crippen LogP contribution in [-0.4, -0.2) is 49.2 Å². The highest BCUT2D eigenvalue weighted by Gasteiger charge is 2.51. The van der Waals surface area contributed by atoms with Gasteiger partial charge in [0.2, 0.25) is 5.91 Å². The SMILES string of the molecule is CCOC1CC(N(C)C(=O)CC2CCCN2)C1(C)C. The van der Waals surface area contributed by atoms with Crippen LogP contribution in [0.4, 0.5) is 0 Å². The Kier molecular flexibility index (Phi) is 4.51. The minimum atomic E-state index is 0.0729. The summed E-state index contributed by atoms with van der Waals surface area (Å²) < 4.78 is 5.74. The fraction of sp³-hybridized carbons (Fsp3) is 0.933. The van der Waals surface area contributed by atoms with Crippen molar-refractivity contribution in [1.29, 1.82) is 0 Å². The zero-order valence-corrected chi connectivity index (χ0v) is 12.7. The first kappa shape index (κ1) is 14.8. The van der Waals surface area contributed by atoms with Gasteiger partial charge in [0.15, 0.2) is 0 Å². The van der Waals surface area contributed by atoms with Gasteiger partial charge in [-0.05, 0) is 32.7 Å². The number of hydrogen-bond donors (Lipinski definition) is 1. The lowest BCUT2D eigenvalue weighted by Crippen LogP contribution is -2.62. The zero-order chi connectivity index (χ0) is 14.0. The lowest BCUT2D eigenvalue weighted by Gasteiger charge is -2.55. The highest BCUT2D eigenvalue weighted by molar-refractivity contribution is 5.77. The Bertz CT molecular complexity index is 324. The summed E-state index contributed by atoms with van der Waals surface area (Å²) in [7, 11) is 1.95. The average molecular weight is 268 g/mol. The van der Waals surface area contributed by atoms with E-state index in [1.54, 1.807) is 0 Å². The molecule has 4 heteroatoms. The van der Waals surface area contributed by atoms with E-state index in [9.17, 15) is 4.79 Å². The molecule has 19 heavy (non-hydrogen) atoms. The van der Waals surface area contributed by atoms with Gasteiger partial charge in [-0.2, -0.15) is 0 Å². The minimum absolute atomic E-state index is 0.0729. The molecule has 4 nitrogen and oxygen atoms in total. The normalized spacial score (nSPS) is 32.9. The highest BCUT2D eigenvalue weighted by atomic mass is 16.5. The van der Waals surface area contributed by atoms with Crippen molar-refractivity contribution < 1.29 is 9.53 Å². The smallest absolute Gasteiger partial charge is 0.224 e. The van der Waals surface area contributed by atoms with Gasteiger partial charge in [-0.1, -0.05) is 13.8 Å². The van der Waals surface area contributed by atoms with Gasteiger partial charge in [0.05, 0.1) is 6.10 Å². The number of hydrogen-bond acceptors (Lipinski definition) is 3. The first-order valence-electron chi connectivity index (χ1n) is 7.57. The summed E-state index contributed by atoms with van der Waals surface area (Å²) in [5, 5.41) is 3.39. The topological polar surface area (TPSA) is 41.6 Å². The molecule has 3 atom stereocenters. The maximum absolute atomic E-state index is 12.3. The molecule has 0 spiro atoms. The van der Waals surface area contributed by atoms with Gasteiger partial charge in [-0.25, -0.2) is 0 Å². The average Bonchev–Trinajstić information content (AvgIpc) is 2.86. The quantitative estimate of drug-likeness (QED) is 0.826. The molecule has 110 valence electrons. The molecule has 2 aliphatic rings. The maximum Gasteiger partial charge on any atom is 0.224 e. The van der Waals surface area contributed by atoms with Crippen LogP contribution in [0.25, 0.3) is 0 Å². The van der Waals surface area contributed by atoms with Gasteiger partial charge < -0.3 is 15.0 Å². The number of rotatable bonds is 5. The maximum atomic E-state index is 12.3. The molecule has 2 rings (SSSR count). The Morgan fingerprint density at radius 1 is 1.47 bits per heavy atom. The van der Waals surface area contributed by atoms with Crippen molar-refractivity contribution in [3.05, 3.63) is 0 Å². The second kappa shape index (κ2) is 5.80. The Morgan fingerprint density at radius 2 is 2.21 bits per heavy atom. The predicted octanol–water partition coefficient (Wildman–Crippen LogP) is 1.79. The van der Waals surface area contributed by atoms with Crippen molar-refractivity contribution in [2.45, 2.75) is 64.6 Å². The van der Waals surface area contributed by atoms with Crippen LogP contribution in [0.3, 0.4) is 0 Å². The molecule has 0 bridgehead atoms. The van der Waals surface area contributed by atoms with E-state index < -0.39 is 0 Å². The minimum Gasteiger partial charge on any atom is -0.378 e. The molecular formula is C15H28N2O2. The van der Waals surface area contributed by atoms with Gasteiger partial charge in [-0.15, -0.1) is 0 Å². The lowest BCUT2D eigenvalue weighted by molar-refractivity contribution is -0.163. The van der Waals surface area contributed by atoms with Crippen molar-refractivity contribution in [2.24, 2.45) is 5.41 Å². The van der Waals surface area contributed by atoms with Gasteiger partial charge in [-0.3, -0.25) is 4.79 Å². The third-order valence-electron chi connectivity index (χ3n) is 4.94. The molecular weight excluding hydrogens is 240 g/mol. The van der Waals surface area contributed by atoms with Crippen molar-refractivity contribution in [3.63, 3.8) is 0 Å². The summed E-state index contributed by atoms with van der Waals surface area (Å²) in [5.74, 6) is 0.271. The predicted molar refractivity (Wildman–Crippen MR) is 76.0 cm³/mol. The summed E-state index contributed by atoms with van der Waals surface area (Å²) >= 11 is 0. The van der Waals surface area contributed by atoms with Crippen LogP contribution in [0, 0.1) is 5.41 Å². The standard InChI is InChI=1S/C15H28N2O2/c1-5-19-13-10-12(15(13,2)3)17(4)14(18)9-11-7-6-8-16-11/h11-13,16H,5-10H2,1-4H3. The monoisotopic (exact) mass is 268 g/mol. The van der Waals surface area contributed by atoms with Gasteiger partial charge in [0.25, 0.3) is 0 Å². The molecule has 1 amide bonds. The lowest BCUT2D eigenvalue weighted by atomic mass is 9.63. The van der Waals surface area contributed by atoms with E-state index in [-0.39, 0.29) is 11.3 Å². The molecule has 1 N–H and O–H groups in total. The van der Waals surface area contributed by atoms with Gasteiger partial charge in [0, 0.05) is 37.6 Å². The molecule has 3 unspecified atom stereocenters. The molecule has 0 radical (unpaired) electrons. The third kappa shape index (κ3) is 2.95. The Hall–Kier alpha value is -0.610. The first-order chi connectivity index (χ1) is 8.96. The molecule has 1 saturated heterocycles. The van der Waals surface area contributed by atoms with Crippen molar-refractivity contribution in [2.75, 3.05) is 20.2 Å². The summed E-state index contributed by atoms with van der Waals surface area (Å²) in [4.78, 5) is 14.3. The van der Waals surface area contributed by atoms with Crippen LogP contribution in [-0.2, 0) is 9.53 Å². The fourth-order valence-corrected chi connectivity index (χ4v) is 3.47. The number of carbonyl (C=O) groups is 1. The van der Waals surface area contributed by atoms with E-state index >= 15 is 0 Å². The number of nitrogens with zero attached hydrogens (tertiary/aromatic N) is 1. The molecule has 2 fully saturated rings. The molecule has 1 aliphatic heterocycles. The second-order valence-electron chi connectivity index (χ2n) is 6.52. The summed E-state index contributed by atoms with van der Waals surface area (Å²) in [6, 6.07) is 0.707. The highest BCUT2D eigenvalue weighted by Crippen LogP contribution is 2.45. The van der Waals surface area contributed by atoms with Crippen LogP contribution in [0.1, 0.15) is 46.5 Å². The summed E-state index contributed by atoms with van der Waals surface area (Å²) in [6.07, 6.45) is 4.24. The summed E-state index contributed by atoms with van der Waals surface area (Å²) in [5.41, 5.74) is 0.0729. The molecule has 1 saturated carbocycles. The van der Waals surface area contributed by atoms with Gasteiger partial charge in [0.1, 0.15) is 0 Å². The molecule has 1 aliphatic carbocycles. The fourth-order valence-electron chi connectivity index (χ4n) is 3.47. The molecule has 0 aromatic carbocycles. The Balaban J connectivity index is 1.86. The van der Waals surface area contributed by atoms with E-state index in [4.69, 9.17) is 4.74 Å². The van der Waals surface area contributed by atoms with Crippen LogP contribution < -0.4 is 5.32 Å². The van der Waals surface area contributed by atoms with Crippen molar-refractivity contribution in [3.8, 4) is 0 Å². The van der Waals surface area contributed by atoms with Crippen LogP contribution in [0.5, 0.6) is 0 Å². The van der Waals surface area contributed by atoms with Gasteiger partial charge >= 0.3 is 0 Å². The van der Waals surface area contributed by atoms with Crippen LogP contribution in [0.2, 0.25) is 0 Å². The Morgan fingerprint density at radius 3 is 2.74 bits per heavy atom.